The Balaban J connectivity index is 2.20. The van der Waals surface area contributed by atoms with Gasteiger partial charge in [-0.1, -0.05) is 25.7 Å². The molecule has 0 saturated heterocycles. The first-order valence-electron chi connectivity index (χ1n) is 7.15. The first kappa shape index (κ1) is 14.9. The topological polar surface area (TPSA) is 30.5 Å². The van der Waals surface area contributed by atoms with Crippen LogP contribution in [0.25, 0.3) is 0 Å². The molecule has 0 aromatic heterocycles. The highest BCUT2D eigenvalue weighted by atomic mass is 16.5. The molecule has 1 saturated carbocycles. The second-order valence-electron chi connectivity index (χ2n) is 4.99. The summed E-state index contributed by atoms with van der Waals surface area (Å²) in [6.45, 7) is 6.73. The van der Waals surface area contributed by atoms with Gasteiger partial charge in [-0.15, -0.1) is 0 Å². The van der Waals surface area contributed by atoms with Crippen molar-refractivity contribution in [1.29, 1.82) is 0 Å². The molecule has 1 aliphatic carbocycles. The predicted molar refractivity (Wildman–Crippen MR) is 71.3 cm³/mol. The predicted octanol–water partition coefficient (Wildman–Crippen LogP) is 2.46. The number of nitrogens with one attached hydrogen (secondary N) is 1. The number of rotatable bonds is 10. The smallest absolute Gasteiger partial charge is 0.0587 e. The van der Waals surface area contributed by atoms with Gasteiger partial charge in [0.15, 0.2) is 0 Å². The van der Waals surface area contributed by atoms with E-state index < -0.39 is 0 Å². The highest BCUT2D eigenvalue weighted by Gasteiger charge is 2.24. The first-order chi connectivity index (χ1) is 8.38. The molecule has 1 rings (SSSR count). The molecule has 0 amide bonds. The second-order valence-corrected chi connectivity index (χ2v) is 4.99. The highest BCUT2D eigenvalue weighted by molar-refractivity contribution is 4.77. The molecule has 0 spiro atoms. The summed E-state index contributed by atoms with van der Waals surface area (Å²) >= 11 is 0. The van der Waals surface area contributed by atoms with E-state index >= 15 is 0 Å². The van der Waals surface area contributed by atoms with Gasteiger partial charge in [0, 0.05) is 26.9 Å². The van der Waals surface area contributed by atoms with Crippen LogP contribution in [-0.2, 0) is 9.47 Å². The van der Waals surface area contributed by atoms with Crippen molar-refractivity contribution in [2.75, 3.05) is 40.0 Å². The number of hydrogen-bond acceptors (Lipinski definition) is 3. The third-order valence-corrected chi connectivity index (χ3v) is 3.79. The van der Waals surface area contributed by atoms with E-state index in [1.54, 1.807) is 7.11 Å². The molecule has 0 aromatic carbocycles. The van der Waals surface area contributed by atoms with Gasteiger partial charge in [0.1, 0.15) is 0 Å². The highest BCUT2D eigenvalue weighted by Crippen LogP contribution is 2.32. The van der Waals surface area contributed by atoms with E-state index in [0.29, 0.717) is 0 Å². The van der Waals surface area contributed by atoms with Crippen molar-refractivity contribution in [1.82, 2.24) is 5.32 Å². The molecule has 1 fully saturated rings. The Morgan fingerprint density at radius 3 is 2.65 bits per heavy atom. The molecule has 0 aliphatic heterocycles. The summed E-state index contributed by atoms with van der Waals surface area (Å²) in [7, 11) is 1.76. The van der Waals surface area contributed by atoms with E-state index in [1.165, 1.54) is 32.1 Å². The molecule has 1 unspecified atom stereocenters. The Labute approximate surface area is 106 Å². The van der Waals surface area contributed by atoms with Crippen LogP contribution in [0.1, 0.15) is 39.0 Å². The average Bonchev–Trinajstić information content (AvgIpc) is 2.86. The van der Waals surface area contributed by atoms with Crippen molar-refractivity contribution < 1.29 is 9.47 Å². The molecule has 102 valence electrons. The Hall–Kier alpha value is -0.120. The van der Waals surface area contributed by atoms with E-state index in [9.17, 15) is 0 Å². The molecule has 3 nitrogen and oxygen atoms in total. The van der Waals surface area contributed by atoms with Crippen molar-refractivity contribution in [3.63, 3.8) is 0 Å². The van der Waals surface area contributed by atoms with E-state index in [1.807, 2.05) is 0 Å². The van der Waals surface area contributed by atoms with Gasteiger partial charge in [0.05, 0.1) is 6.61 Å². The quantitative estimate of drug-likeness (QED) is 0.598. The van der Waals surface area contributed by atoms with Gasteiger partial charge in [-0.25, -0.2) is 0 Å². The van der Waals surface area contributed by atoms with Crippen LogP contribution in [0.4, 0.5) is 0 Å². The third-order valence-electron chi connectivity index (χ3n) is 3.79. The average molecular weight is 243 g/mol. The van der Waals surface area contributed by atoms with Crippen LogP contribution in [0.2, 0.25) is 0 Å². The number of hydrogen-bond donors (Lipinski definition) is 1. The third kappa shape index (κ3) is 6.39. The van der Waals surface area contributed by atoms with Gasteiger partial charge in [-0.05, 0) is 31.7 Å². The summed E-state index contributed by atoms with van der Waals surface area (Å²) in [4.78, 5) is 0. The molecular weight excluding hydrogens is 214 g/mol. The standard InChI is InChI=1S/C14H29NO2/c1-3-17-10-8-14(12-15-9-11-16-2)13-6-4-5-7-13/h13-15H,3-12H2,1-2H3. The lowest BCUT2D eigenvalue weighted by Crippen LogP contribution is -2.30. The van der Waals surface area contributed by atoms with Crippen molar-refractivity contribution in [3.05, 3.63) is 0 Å². The molecule has 1 aliphatic rings. The number of methoxy groups -OCH3 is 1. The number of ether oxygens (including phenoxy) is 2. The maximum atomic E-state index is 5.50. The molecule has 0 aromatic rings. The molecule has 0 heterocycles. The van der Waals surface area contributed by atoms with E-state index in [4.69, 9.17) is 9.47 Å². The minimum Gasteiger partial charge on any atom is -0.383 e. The summed E-state index contributed by atoms with van der Waals surface area (Å²) in [5.41, 5.74) is 0. The summed E-state index contributed by atoms with van der Waals surface area (Å²) in [5.74, 6) is 1.71. The van der Waals surface area contributed by atoms with Crippen molar-refractivity contribution in [2.45, 2.75) is 39.0 Å². The fourth-order valence-electron chi connectivity index (χ4n) is 2.77. The Morgan fingerprint density at radius 1 is 1.24 bits per heavy atom. The summed E-state index contributed by atoms with van der Waals surface area (Å²) < 4.78 is 10.6. The Bertz CT molecular complexity index is 170. The second kappa shape index (κ2) is 9.86. The fourth-order valence-corrected chi connectivity index (χ4v) is 2.77. The Morgan fingerprint density at radius 2 is 2.00 bits per heavy atom. The molecule has 1 atom stereocenters. The van der Waals surface area contributed by atoms with Crippen LogP contribution in [0.5, 0.6) is 0 Å². The van der Waals surface area contributed by atoms with Crippen LogP contribution in [0.3, 0.4) is 0 Å². The van der Waals surface area contributed by atoms with Gasteiger partial charge in [0.25, 0.3) is 0 Å². The molecule has 17 heavy (non-hydrogen) atoms. The fraction of sp³-hybridized carbons (Fsp3) is 1.00. The molecule has 0 radical (unpaired) electrons. The van der Waals surface area contributed by atoms with Gasteiger partial charge < -0.3 is 14.8 Å². The summed E-state index contributed by atoms with van der Waals surface area (Å²) in [6, 6.07) is 0. The van der Waals surface area contributed by atoms with Gasteiger partial charge in [0.2, 0.25) is 0 Å². The molecule has 3 heteroatoms. The molecular formula is C14H29NO2. The zero-order chi connectivity index (χ0) is 12.3. The lowest BCUT2D eigenvalue weighted by atomic mass is 9.88. The van der Waals surface area contributed by atoms with Crippen LogP contribution in [0.15, 0.2) is 0 Å². The van der Waals surface area contributed by atoms with Gasteiger partial charge in [-0.3, -0.25) is 0 Å². The van der Waals surface area contributed by atoms with E-state index in [2.05, 4.69) is 12.2 Å². The normalized spacial score (nSPS) is 18.7. The maximum Gasteiger partial charge on any atom is 0.0587 e. The van der Waals surface area contributed by atoms with Crippen LogP contribution in [0, 0.1) is 11.8 Å². The van der Waals surface area contributed by atoms with Crippen molar-refractivity contribution in [2.24, 2.45) is 11.8 Å². The van der Waals surface area contributed by atoms with Crippen LogP contribution in [-0.4, -0.2) is 40.0 Å². The van der Waals surface area contributed by atoms with Crippen LogP contribution >= 0.6 is 0 Å². The molecule has 1 N–H and O–H groups in total. The first-order valence-corrected chi connectivity index (χ1v) is 7.15. The maximum absolute atomic E-state index is 5.50. The lowest BCUT2D eigenvalue weighted by molar-refractivity contribution is 0.119. The van der Waals surface area contributed by atoms with E-state index in [0.717, 1.165) is 44.7 Å². The largest absolute Gasteiger partial charge is 0.383 e. The van der Waals surface area contributed by atoms with Crippen molar-refractivity contribution in [3.8, 4) is 0 Å². The lowest BCUT2D eigenvalue weighted by Gasteiger charge is -2.23. The SMILES string of the molecule is CCOCCC(CNCCOC)C1CCCC1. The van der Waals surface area contributed by atoms with Gasteiger partial charge >= 0.3 is 0 Å². The zero-order valence-electron chi connectivity index (χ0n) is 11.5. The Kier molecular flexibility index (Phi) is 8.67. The van der Waals surface area contributed by atoms with Gasteiger partial charge in [-0.2, -0.15) is 0 Å². The monoisotopic (exact) mass is 243 g/mol. The summed E-state index contributed by atoms with van der Waals surface area (Å²) in [6.07, 6.45) is 6.89. The zero-order valence-corrected chi connectivity index (χ0v) is 11.5. The van der Waals surface area contributed by atoms with Crippen LogP contribution < -0.4 is 5.32 Å². The summed E-state index contributed by atoms with van der Waals surface area (Å²) in [5, 5.41) is 3.51. The van der Waals surface area contributed by atoms with Crippen molar-refractivity contribution >= 4 is 0 Å². The van der Waals surface area contributed by atoms with E-state index in [-0.39, 0.29) is 0 Å². The minimum absolute atomic E-state index is 0.793. The molecule has 0 bridgehead atoms. The minimum atomic E-state index is 0.793.